The van der Waals surface area contributed by atoms with E-state index in [4.69, 9.17) is 0 Å². The summed E-state index contributed by atoms with van der Waals surface area (Å²) in [6.45, 7) is 3.68. The molecule has 1 aliphatic heterocycles. The number of nitrogens with zero attached hydrogens (tertiary/aromatic N) is 6. The van der Waals surface area contributed by atoms with Crippen LogP contribution in [0.15, 0.2) is 54.6 Å². The van der Waals surface area contributed by atoms with Crippen LogP contribution in [0.25, 0.3) is 11.3 Å². The summed E-state index contributed by atoms with van der Waals surface area (Å²) in [5, 5.41) is 30.8. The van der Waals surface area contributed by atoms with Crippen molar-refractivity contribution in [1.29, 1.82) is 0 Å². The van der Waals surface area contributed by atoms with Gasteiger partial charge in [-0.25, -0.2) is 0 Å². The highest BCUT2D eigenvalue weighted by Gasteiger charge is 2.26. The lowest BCUT2D eigenvalue weighted by molar-refractivity contribution is -0.394. The van der Waals surface area contributed by atoms with E-state index in [1.165, 1.54) is 4.90 Å². The van der Waals surface area contributed by atoms with E-state index in [1.54, 1.807) is 0 Å². The molecule has 1 aliphatic rings. The number of piperazine rings is 1. The zero-order valence-corrected chi connectivity index (χ0v) is 17.7. The van der Waals surface area contributed by atoms with Gasteiger partial charge in [0.25, 0.3) is 17.3 Å². The monoisotopic (exact) mass is 448 g/mol. The van der Waals surface area contributed by atoms with Crippen molar-refractivity contribution in [2.75, 3.05) is 31.1 Å². The van der Waals surface area contributed by atoms with Crippen LogP contribution in [0.5, 0.6) is 0 Å². The molecule has 0 saturated carbocycles. The van der Waals surface area contributed by atoms with Gasteiger partial charge in [0.2, 0.25) is 0 Å². The molecule has 0 unspecified atom stereocenters. The van der Waals surface area contributed by atoms with Gasteiger partial charge in [0.1, 0.15) is 0 Å². The standard InChI is InChI=1S/C22H20N6O5/c1-15-2-4-16(5-3-15)20-6-7-21(24-23-20)25-8-10-26(11-9-25)22(29)17-12-18(27(30)31)14-19(13-17)28(32)33/h2-7,12-14H,8-11H2,1H3. The van der Waals surface area contributed by atoms with Gasteiger partial charge >= 0.3 is 0 Å². The summed E-state index contributed by atoms with van der Waals surface area (Å²) in [4.78, 5) is 37.1. The Morgan fingerprint density at radius 3 is 1.97 bits per heavy atom. The van der Waals surface area contributed by atoms with Crippen LogP contribution < -0.4 is 4.90 Å². The fourth-order valence-electron chi connectivity index (χ4n) is 3.62. The molecule has 0 spiro atoms. The first kappa shape index (κ1) is 21.8. The highest BCUT2D eigenvalue weighted by molar-refractivity contribution is 5.95. The molecule has 168 valence electrons. The summed E-state index contributed by atoms with van der Waals surface area (Å²) in [7, 11) is 0. The van der Waals surface area contributed by atoms with Crippen molar-refractivity contribution >= 4 is 23.1 Å². The molecule has 11 nitrogen and oxygen atoms in total. The van der Waals surface area contributed by atoms with Gasteiger partial charge in [-0.3, -0.25) is 25.0 Å². The SMILES string of the molecule is Cc1ccc(-c2ccc(N3CCN(C(=O)c4cc([N+](=O)[O-])cc([N+](=O)[O-])c4)CC3)nn2)cc1. The maximum Gasteiger partial charge on any atom is 0.277 e. The number of hydrogen-bond acceptors (Lipinski definition) is 8. The molecule has 3 aromatic rings. The van der Waals surface area contributed by atoms with Crippen molar-refractivity contribution in [1.82, 2.24) is 15.1 Å². The highest BCUT2D eigenvalue weighted by Crippen LogP contribution is 2.25. The summed E-state index contributed by atoms with van der Waals surface area (Å²) in [5.74, 6) is 0.200. The van der Waals surface area contributed by atoms with Crippen LogP contribution in [0, 0.1) is 27.2 Å². The minimum Gasteiger partial charge on any atom is -0.352 e. The molecule has 33 heavy (non-hydrogen) atoms. The molecule has 0 aliphatic carbocycles. The van der Waals surface area contributed by atoms with Crippen LogP contribution in [0.4, 0.5) is 17.2 Å². The minimum atomic E-state index is -0.749. The van der Waals surface area contributed by atoms with Crippen molar-refractivity contribution in [2.45, 2.75) is 6.92 Å². The molecule has 2 aromatic carbocycles. The number of hydrogen-bond donors (Lipinski definition) is 0. The second kappa shape index (κ2) is 8.99. The van der Waals surface area contributed by atoms with E-state index in [-0.39, 0.29) is 5.56 Å². The van der Waals surface area contributed by atoms with Gasteiger partial charge in [-0.2, -0.15) is 0 Å². The topological polar surface area (TPSA) is 136 Å². The molecule has 1 amide bonds. The van der Waals surface area contributed by atoms with Crippen LogP contribution in [0.3, 0.4) is 0 Å². The average molecular weight is 448 g/mol. The van der Waals surface area contributed by atoms with Crippen molar-refractivity contribution in [3.63, 3.8) is 0 Å². The number of benzene rings is 2. The molecule has 1 fully saturated rings. The van der Waals surface area contributed by atoms with Crippen molar-refractivity contribution in [3.05, 3.63) is 86.0 Å². The first-order valence-corrected chi connectivity index (χ1v) is 10.2. The first-order valence-electron chi connectivity index (χ1n) is 10.2. The molecular formula is C22H20N6O5. The first-order chi connectivity index (χ1) is 15.8. The molecule has 1 aromatic heterocycles. The van der Waals surface area contributed by atoms with Gasteiger partial charge in [0, 0.05) is 43.9 Å². The average Bonchev–Trinajstić information content (AvgIpc) is 2.84. The molecule has 11 heteroatoms. The molecule has 2 heterocycles. The zero-order valence-electron chi connectivity index (χ0n) is 17.7. The van der Waals surface area contributed by atoms with Crippen LogP contribution in [0.2, 0.25) is 0 Å². The Morgan fingerprint density at radius 1 is 0.848 bits per heavy atom. The number of anilines is 1. The summed E-state index contributed by atoms with van der Waals surface area (Å²) in [6.07, 6.45) is 0. The molecule has 0 radical (unpaired) electrons. The smallest absolute Gasteiger partial charge is 0.277 e. The summed E-state index contributed by atoms with van der Waals surface area (Å²) in [6, 6.07) is 14.7. The van der Waals surface area contributed by atoms with Gasteiger partial charge < -0.3 is 9.80 Å². The third-order valence-corrected chi connectivity index (χ3v) is 5.46. The molecule has 1 saturated heterocycles. The highest BCUT2D eigenvalue weighted by atomic mass is 16.6. The predicted octanol–water partition coefficient (Wildman–Crippen LogP) is 3.23. The Hall–Kier alpha value is -4.41. The van der Waals surface area contributed by atoms with E-state index in [1.807, 2.05) is 48.2 Å². The number of aromatic nitrogens is 2. The lowest BCUT2D eigenvalue weighted by Gasteiger charge is -2.35. The Kier molecular flexibility index (Phi) is 5.94. The van der Waals surface area contributed by atoms with Crippen LogP contribution in [-0.4, -0.2) is 57.0 Å². The number of aryl methyl sites for hydroxylation is 1. The van der Waals surface area contributed by atoms with E-state index < -0.39 is 27.1 Å². The Balaban J connectivity index is 1.43. The van der Waals surface area contributed by atoms with Crippen LogP contribution in [0.1, 0.15) is 15.9 Å². The second-order valence-corrected chi connectivity index (χ2v) is 7.67. The van der Waals surface area contributed by atoms with Crippen LogP contribution in [-0.2, 0) is 0 Å². The van der Waals surface area contributed by atoms with Crippen LogP contribution >= 0.6 is 0 Å². The fourth-order valence-corrected chi connectivity index (χ4v) is 3.62. The van der Waals surface area contributed by atoms with Gasteiger partial charge in [-0.15, -0.1) is 10.2 Å². The van der Waals surface area contributed by atoms with Gasteiger partial charge in [0.05, 0.1) is 27.2 Å². The van der Waals surface area contributed by atoms with Gasteiger partial charge in [-0.1, -0.05) is 29.8 Å². The number of nitro groups is 2. The van der Waals surface area contributed by atoms with E-state index in [0.29, 0.717) is 32.0 Å². The Morgan fingerprint density at radius 2 is 1.45 bits per heavy atom. The minimum absolute atomic E-state index is 0.0772. The molecule has 0 atom stereocenters. The molecule has 0 bridgehead atoms. The third kappa shape index (κ3) is 4.76. The maximum absolute atomic E-state index is 12.9. The molecule has 4 rings (SSSR count). The lowest BCUT2D eigenvalue weighted by Crippen LogP contribution is -2.49. The Bertz CT molecular complexity index is 1170. The van der Waals surface area contributed by atoms with E-state index in [9.17, 15) is 25.0 Å². The van der Waals surface area contributed by atoms with Gasteiger partial charge in [-0.05, 0) is 19.1 Å². The number of rotatable bonds is 5. The Labute approximate surface area is 188 Å². The fraction of sp³-hybridized carbons (Fsp3) is 0.227. The van der Waals surface area contributed by atoms with Crippen molar-refractivity contribution in [2.24, 2.45) is 0 Å². The molecule has 0 N–H and O–H groups in total. The van der Waals surface area contributed by atoms with Crippen molar-refractivity contribution < 1.29 is 14.6 Å². The zero-order chi connectivity index (χ0) is 23.5. The van der Waals surface area contributed by atoms with Gasteiger partial charge in [0.15, 0.2) is 5.82 Å². The number of amides is 1. The lowest BCUT2D eigenvalue weighted by atomic mass is 10.1. The van der Waals surface area contributed by atoms with E-state index >= 15 is 0 Å². The van der Waals surface area contributed by atoms with Crippen molar-refractivity contribution in [3.8, 4) is 11.3 Å². The number of carbonyl (C=O) groups excluding carboxylic acids is 1. The quantitative estimate of drug-likeness (QED) is 0.429. The third-order valence-electron chi connectivity index (χ3n) is 5.46. The maximum atomic E-state index is 12.9. The second-order valence-electron chi connectivity index (χ2n) is 7.67. The summed E-state index contributed by atoms with van der Waals surface area (Å²) < 4.78 is 0. The summed E-state index contributed by atoms with van der Waals surface area (Å²) in [5.41, 5.74) is 1.84. The number of nitro benzene ring substituents is 2. The number of carbonyl (C=O) groups is 1. The largest absolute Gasteiger partial charge is 0.352 e. The van der Waals surface area contributed by atoms with E-state index in [2.05, 4.69) is 10.2 Å². The van der Waals surface area contributed by atoms with E-state index in [0.717, 1.165) is 35.0 Å². The predicted molar refractivity (Wildman–Crippen MR) is 120 cm³/mol. The summed E-state index contributed by atoms with van der Waals surface area (Å²) >= 11 is 0. The molecular weight excluding hydrogens is 428 g/mol. The normalized spacial score (nSPS) is 13.6. The number of non-ortho nitro benzene ring substituents is 2.